The van der Waals surface area contributed by atoms with E-state index in [4.69, 9.17) is 0 Å². The Morgan fingerprint density at radius 1 is 1.42 bits per heavy atom. The quantitative estimate of drug-likeness (QED) is 0.361. The van der Waals surface area contributed by atoms with Crippen LogP contribution in [-0.4, -0.2) is 27.4 Å². The molecule has 0 radical (unpaired) electrons. The molecule has 1 unspecified atom stereocenters. The molecule has 4 heteroatoms. The smallest absolute Gasteiger partial charge is 0.0584 e. The number of hydrogen-bond acceptors (Lipinski definition) is 3. The highest BCUT2D eigenvalue weighted by atomic mass is 32.2. The van der Waals surface area contributed by atoms with Crippen LogP contribution < -0.4 is 0 Å². The van der Waals surface area contributed by atoms with Crippen LogP contribution >= 0.6 is 12.2 Å². The first-order valence-corrected chi connectivity index (χ1v) is 6.09. The summed E-state index contributed by atoms with van der Waals surface area (Å²) in [4.78, 5) is 3.78. The fourth-order valence-corrected chi connectivity index (χ4v) is 2.11. The molecular weight excluding hydrogens is 190 g/mol. The van der Waals surface area contributed by atoms with Crippen molar-refractivity contribution in [2.75, 3.05) is 18.1 Å². The van der Waals surface area contributed by atoms with E-state index in [2.05, 4.69) is 22.4 Å². The molecule has 0 aliphatic heterocycles. The van der Waals surface area contributed by atoms with Gasteiger partial charge in [0, 0.05) is 28.9 Å². The molecular formula is C8H15NOS2. The maximum absolute atomic E-state index is 11.1. The molecule has 12 heavy (non-hydrogen) atoms. The second kappa shape index (κ2) is 9.04. The van der Waals surface area contributed by atoms with Crippen LogP contribution in [-0.2, 0) is 10.8 Å². The van der Waals surface area contributed by atoms with E-state index in [1.807, 2.05) is 6.92 Å². The van der Waals surface area contributed by atoms with Crippen molar-refractivity contribution in [3.05, 3.63) is 0 Å². The Bertz CT molecular complexity index is 176. The highest BCUT2D eigenvalue weighted by molar-refractivity contribution is 7.84. The van der Waals surface area contributed by atoms with E-state index in [0.717, 1.165) is 37.3 Å². The van der Waals surface area contributed by atoms with E-state index < -0.39 is 10.8 Å². The molecule has 0 rings (SSSR count). The minimum atomic E-state index is -0.614. The maximum Gasteiger partial charge on any atom is 0.0584 e. The molecule has 0 aromatic heterocycles. The summed E-state index contributed by atoms with van der Waals surface area (Å²) in [6.07, 6.45) is 2.96. The predicted molar refractivity (Wildman–Crippen MR) is 57.3 cm³/mol. The van der Waals surface area contributed by atoms with Gasteiger partial charge in [-0.1, -0.05) is 6.92 Å². The van der Waals surface area contributed by atoms with Crippen LogP contribution in [0.1, 0.15) is 26.2 Å². The Labute approximate surface area is 81.9 Å². The highest BCUT2D eigenvalue weighted by Crippen LogP contribution is 1.95. The van der Waals surface area contributed by atoms with Crippen LogP contribution in [0, 0.1) is 0 Å². The summed E-state index contributed by atoms with van der Waals surface area (Å²) in [6, 6.07) is 0. The summed E-state index contributed by atoms with van der Waals surface area (Å²) in [5, 5.41) is 2.31. The van der Waals surface area contributed by atoms with Crippen molar-refractivity contribution >= 4 is 28.2 Å². The second-order valence-electron chi connectivity index (χ2n) is 2.53. The average molecular weight is 205 g/mol. The van der Waals surface area contributed by atoms with Gasteiger partial charge in [0.1, 0.15) is 0 Å². The van der Waals surface area contributed by atoms with Gasteiger partial charge in [-0.15, -0.1) is 0 Å². The summed E-state index contributed by atoms with van der Waals surface area (Å²) < 4.78 is 11.1. The Hall–Kier alpha value is -0.0500. The van der Waals surface area contributed by atoms with Gasteiger partial charge >= 0.3 is 0 Å². The predicted octanol–water partition coefficient (Wildman–Crippen LogP) is 2.03. The van der Waals surface area contributed by atoms with Crippen molar-refractivity contribution in [3.63, 3.8) is 0 Å². The lowest BCUT2D eigenvalue weighted by molar-refractivity contribution is 0.677. The lowest BCUT2D eigenvalue weighted by atomic mass is 10.3. The van der Waals surface area contributed by atoms with E-state index in [1.54, 1.807) is 0 Å². The number of isothiocyanates is 1. The Morgan fingerprint density at radius 3 is 2.75 bits per heavy atom. The van der Waals surface area contributed by atoms with Gasteiger partial charge in [-0.2, -0.15) is 0 Å². The third kappa shape index (κ3) is 8.05. The first kappa shape index (κ1) is 11.9. The minimum absolute atomic E-state index is 0.614. The van der Waals surface area contributed by atoms with Gasteiger partial charge in [-0.3, -0.25) is 4.21 Å². The number of nitrogens with zero attached hydrogens (tertiary/aromatic N) is 1. The molecule has 0 saturated heterocycles. The van der Waals surface area contributed by atoms with Gasteiger partial charge in [0.05, 0.1) is 5.16 Å². The number of aliphatic imine (C=N–C) groups is 1. The van der Waals surface area contributed by atoms with Crippen molar-refractivity contribution in [2.24, 2.45) is 4.99 Å². The summed E-state index contributed by atoms with van der Waals surface area (Å²) in [5.74, 6) is 1.64. The Morgan fingerprint density at radius 2 is 2.17 bits per heavy atom. The summed E-state index contributed by atoms with van der Waals surface area (Å²) in [7, 11) is -0.614. The summed E-state index contributed by atoms with van der Waals surface area (Å²) in [6.45, 7) is 2.78. The van der Waals surface area contributed by atoms with Crippen LogP contribution in [0.3, 0.4) is 0 Å². The zero-order valence-electron chi connectivity index (χ0n) is 7.41. The van der Waals surface area contributed by atoms with E-state index >= 15 is 0 Å². The maximum atomic E-state index is 11.1. The van der Waals surface area contributed by atoms with Gasteiger partial charge in [0.25, 0.3) is 0 Å². The Kier molecular flexibility index (Phi) is 9.00. The molecule has 0 bridgehead atoms. The normalized spacial score (nSPS) is 12.1. The number of rotatable bonds is 7. The molecule has 0 saturated carbocycles. The van der Waals surface area contributed by atoms with E-state index in [9.17, 15) is 4.21 Å². The molecule has 0 amide bonds. The van der Waals surface area contributed by atoms with Gasteiger partial charge < -0.3 is 0 Å². The van der Waals surface area contributed by atoms with Crippen molar-refractivity contribution < 1.29 is 4.21 Å². The van der Waals surface area contributed by atoms with Crippen molar-refractivity contribution in [1.29, 1.82) is 0 Å². The van der Waals surface area contributed by atoms with E-state index in [-0.39, 0.29) is 0 Å². The van der Waals surface area contributed by atoms with Crippen molar-refractivity contribution in [1.82, 2.24) is 0 Å². The molecule has 1 atom stereocenters. The number of unbranched alkanes of at least 4 members (excludes halogenated alkanes) is 1. The summed E-state index contributed by atoms with van der Waals surface area (Å²) in [5.41, 5.74) is 0. The average Bonchev–Trinajstić information content (AvgIpc) is 2.05. The molecule has 0 N–H and O–H groups in total. The molecule has 0 aliphatic rings. The number of thiocarbonyl (C=S) groups is 1. The largest absolute Gasteiger partial charge is 0.260 e. The molecule has 0 heterocycles. The molecule has 0 aliphatic carbocycles. The third-order valence-electron chi connectivity index (χ3n) is 1.39. The van der Waals surface area contributed by atoms with Crippen LogP contribution in [0.25, 0.3) is 0 Å². The summed E-state index contributed by atoms with van der Waals surface area (Å²) >= 11 is 4.42. The van der Waals surface area contributed by atoms with Gasteiger partial charge in [-0.05, 0) is 31.5 Å². The standard InChI is InChI=1S/C8H15NOS2/c1-2-6-12(10)7-4-3-5-9-8-11/h2-7H2,1H3. The number of hydrogen-bond donors (Lipinski definition) is 0. The van der Waals surface area contributed by atoms with E-state index in [0.29, 0.717) is 0 Å². The zero-order valence-corrected chi connectivity index (χ0v) is 9.05. The van der Waals surface area contributed by atoms with Gasteiger partial charge in [0.15, 0.2) is 0 Å². The lowest BCUT2D eigenvalue weighted by Crippen LogP contribution is -2.01. The fourth-order valence-electron chi connectivity index (χ4n) is 0.829. The van der Waals surface area contributed by atoms with Gasteiger partial charge in [-0.25, -0.2) is 4.99 Å². The minimum Gasteiger partial charge on any atom is -0.260 e. The monoisotopic (exact) mass is 205 g/mol. The second-order valence-corrected chi connectivity index (χ2v) is 4.41. The molecule has 0 fully saturated rings. The first-order chi connectivity index (χ1) is 5.81. The first-order valence-electron chi connectivity index (χ1n) is 4.20. The molecule has 70 valence electrons. The van der Waals surface area contributed by atoms with Crippen molar-refractivity contribution in [2.45, 2.75) is 26.2 Å². The Balaban J connectivity index is 3.19. The van der Waals surface area contributed by atoms with Gasteiger partial charge in [0.2, 0.25) is 0 Å². The molecule has 2 nitrogen and oxygen atoms in total. The van der Waals surface area contributed by atoms with Crippen molar-refractivity contribution in [3.8, 4) is 0 Å². The van der Waals surface area contributed by atoms with Crippen LogP contribution in [0.15, 0.2) is 4.99 Å². The molecule has 0 spiro atoms. The highest BCUT2D eigenvalue weighted by Gasteiger charge is 1.96. The van der Waals surface area contributed by atoms with E-state index in [1.165, 1.54) is 0 Å². The van der Waals surface area contributed by atoms with Crippen LogP contribution in [0.5, 0.6) is 0 Å². The zero-order chi connectivity index (χ0) is 9.23. The lowest BCUT2D eigenvalue weighted by Gasteiger charge is -1.97. The third-order valence-corrected chi connectivity index (χ3v) is 3.12. The topological polar surface area (TPSA) is 29.4 Å². The fraction of sp³-hybridized carbons (Fsp3) is 0.875. The SMILES string of the molecule is CCCS(=O)CCCCN=C=S. The molecule has 0 aromatic rings. The molecule has 0 aromatic carbocycles. The van der Waals surface area contributed by atoms with Crippen LogP contribution in [0.2, 0.25) is 0 Å². The van der Waals surface area contributed by atoms with Crippen LogP contribution in [0.4, 0.5) is 0 Å².